The molecule has 102 valence electrons. The lowest BCUT2D eigenvalue weighted by atomic mass is 10.1. The van der Waals surface area contributed by atoms with Gasteiger partial charge >= 0.3 is 0 Å². The molecule has 0 atom stereocenters. The van der Waals surface area contributed by atoms with Crippen molar-refractivity contribution >= 4 is 23.3 Å². The number of hydrogen-bond acceptors (Lipinski definition) is 4. The van der Waals surface area contributed by atoms with Gasteiger partial charge in [0.05, 0.1) is 24.9 Å². The molecular weight excluding hydrogens is 260 g/mol. The van der Waals surface area contributed by atoms with Crippen LogP contribution in [0.4, 0.5) is 5.69 Å². The molecular formula is C14H12N2O4. The van der Waals surface area contributed by atoms with Crippen LogP contribution in [-0.2, 0) is 9.59 Å². The van der Waals surface area contributed by atoms with Gasteiger partial charge in [-0.2, -0.15) is 0 Å². The Labute approximate surface area is 115 Å². The molecule has 0 saturated heterocycles. The number of ketones is 1. The van der Waals surface area contributed by atoms with Crippen LogP contribution in [0, 0.1) is 12.3 Å². The number of nitrogens with one attached hydrogen (secondary N) is 1. The molecule has 0 aromatic heterocycles. The lowest BCUT2D eigenvalue weighted by Crippen LogP contribution is -2.40. The smallest absolute Gasteiger partial charge is 0.299 e. The Hall–Kier alpha value is -2.81. The molecule has 0 aliphatic carbocycles. The summed E-state index contributed by atoms with van der Waals surface area (Å²) in [6.45, 7) is -0.188. The Morgan fingerprint density at radius 1 is 1.45 bits per heavy atom. The molecule has 6 nitrogen and oxygen atoms in total. The third kappa shape index (κ3) is 2.34. The average molecular weight is 272 g/mol. The summed E-state index contributed by atoms with van der Waals surface area (Å²) in [6.07, 6.45) is 5.03. The zero-order chi connectivity index (χ0) is 14.7. The van der Waals surface area contributed by atoms with Crippen molar-refractivity contribution in [1.82, 2.24) is 5.32 Å². The van der Waals surface area contributed by atoms with E-state index < -0.39 is 17.6 Å². The second-order valence-corrected chi connectivity index (χ2v) is 4.08. The molecule has 2 amide bonds. The van der Waals surface area contributed by atoms with E-state index in [1.165, 1.54) is 13.2 Å². The van der Waals surface area contributed by atoms with Crippen LogP contribution in [0.5, 0.6) is 5.75 Å². The number of rotatable bonds is 4. The Bertz CT molecular complexity index is 631. The van der Waals surface area contributed by atoms with Gasteiger partial charge in [-0.1, -0.05) is 5.92 Å². The quantitative estimate of drug-likeness (QED) is 0.617. The van der Waals surface area contributed by atoms with Crippen molar-refractivity contribution in [3.8, 4) is 18.1 Å². The minimum Gasteiger partial charge on any atom is -0.497 e. The number of benzene rings is 1. The molecule has 2 rings (SSSR count). The predicted octanol–water partition coefficient (Wildman–Crippen LogP) is -0.0261. The van der Waals surface area contributed by atoms with Gasteiger partial charge in [0.2, 0.25) is 5.91 Å². The zero-order valence-electron chi connectivity index (χ0n) is 10.8. The number of methoxy groups -OCH3 is 1. The van der Waals surface area contributed by atoms with E-state index in [0.29, 0.717) is 11.4 Å². The molecule has 0 fully saturated rings. The normalized spacial score (nSPS) is 12.9. The summed E-state index contributed by atoms with van der Waals surface area (Å²) in [4.78, 5) is 36.4. The molecule has 1 heterocycles. The molecule has 0 unspecified atom stereocenters. The van der Waals surface area contributed by atoms with Gasteiger partial charge in [-0.3, -0.25) is 19.3 Å². The molecule has 1 aromatic rings. The lowest BCUT2D eigenvalue weighted by molar-refractivity contribution is -0.121. The second-order valence-electron chi connectivity index (χ2n) is 4.08. The average Bonchev–Trinajstić information content (AvgIpc) is 2.69. The van der Waals surface area contributed by atoms with E-state index in [0.717, 1.165) is 4.90 Å². The minimum atomic E-state index is -0.732. The van der Waals surface area contributed by atoms with E-state index >= 15 is 0 Å². The SMILES string of the molecule is C#CCNC(=O)CN1C(=O)C(=O)c2ccc(OC)cc21. The number of amides is 2. The largest absolute Gasteiger partial charge is 0.497 e. The van der Waals surface area contributed by atoms with Crippen LogP contribution in [0.3, 0.4) is 0 Å². The monoisotopic (exact) mass is 272 g/mol. The first kappa shape index (κ1) is 13.6. The number of Topliss-reactive ketones (excluding diaryl/α,β-unsaturated/α-hetero) is 1. The van der Waals surface area contributed by atoms with Crippen molar-refractivity contribution in [1.29, 1.82) is 0 Å². The van der Waals surface area contributed by atoms with Gasteiger partial charge in [0, 0.05) is 6.07 Å². The van der Waals surface area contributed by atoms with Crippen LogP contribution in [0.15, 0.2) is 18.2 Å². The number of fused-ring (bicyclic) bond motifs is 1. The summed E-state index contributed by atoms with van der Waals surface area (Å²) in [7, 11) is 1.48. The maximum Gasteiger partial charge on any atom is 0.299 e. The van der Waals surface area contributed by atoms with E-state index in [9.17, 15) is 14.4 Å². The van der Waals surface area contributed by atoms with E-state index in [-0.39, 0.29) is 18.7 Å². The van der Waals surface area contributed by atoms with Gasteiger partial charge in [-0.25, -0.2) is 0 Å². The van der Waals surface area contributed by atoms with Crippen molar-refractivity contribution in [2.75, 3.05) is 25.1 Å². The van der Waals surface area contributed by atoms with Crippen molar-refractivity contribution < 1.29 is 19.1 Å². The van der Waals surface area contributed by atoms with E-state index in [1.54, 1.807) is 12.1 Å². The molecule has 0 bridgehead atoms. The van der Waals surface area contributed by atoms with Gasteiger partial charge in [-0.05, 0) is 12.1 Å². The Morgan fingerprint density at radius 2 is 2.20 bits per heavy atom. The lowest BCUT2D eigenvalue weighted by Gasteiger charge is -2.16. The highest BCUT2D eigenvalue weighted by Gasteiger charge is 2.36. The van der Waals surface area contributed by atoms with Crippen molar-refractivity contribution in [2.24, 2.45) is 0 Å². The fourth-order valence-electron chi connectivity index (χ4n) is 1.91. The van der Waals surface area contributed by atoms with Gasteiger partial charge in [0.1, 0.15) is 12.3 Å². The van der Waals surface area contributed by atoms with Crippen LogP contribution >= 0.6 is 0 Å². The highest BCUT2D eigenvalue weighted by atomic mass is 16.5. The Kier molecular flexibility index (Phi) is 3.71. The number of ether oxygens (including phenoxy) is 1. The summed E-state index contributed by atoms with van der Waals surface area (Å²) >= 11 is 0. The number of terminal acetylenes is 1. The highest BCUT2D eigenvalue weighted by molar-refractivity contribution is 6.52. The van der Waals surface area contributed by atoms with E-state index in [4.69, 9.17) is 11.2 Å². The first-order valence-electron chi connectivity index (χ1n) is 5.83. The maximum absolute atomic E-state index is 11.9. The van der Waals surface area contributed by atoms with Crippen molar-refractivity contribution in [3.05, 3.63) is 23.8 Å². The first-order chi connectivity index (χ1) is 9.58. The first-order valence-corrected chi connectivity index (χ1v) is 5.83. The Balaban J connectivity index is 2.27. The van der Waals surface area contributed by atoms with E-state index in [2.05, 4.69) is 11.2 Å². The third-order valence-electron chi connectivity index (χ3n) is 2.87. The number of carbonyl (C=O) groups excluding carboxylic acids is 3. The number of hydrogen-bond donors (Lipinski definition) is 1. The standard InChI is InChI=1S/C14H12N2O4/c1-3-6-15-12(17)8-16-11-7-9(20-2)4-5-10(11)13(18)14(16)19/h1,4-5,7H,6,8H2,2H3,(H,15,17). The molecule has 1 N–H and O–H groups in total. The summed E-state index contributed by atoms with van der Waals surface area (Å²) < 4.78 is 5.05. The third-order valence-corrected chi connectivity index (χ3v) is 2.87. The molecule has 0 saturated carbocycles. The molecule has 0 spiro atoms. The van der Waals surface area contributed by atoms with Gasteiger partial charge < -0.3 is 10.1 Å². The molecule has 6 heteroatoms. The van der Waals surface area contributed by atoms with Crippen LogP contribution < -0.4 is 15.0 Å². The number of nitrogens with zero attached hydrogens (tertiary/aromatic N) is 1. The maximum atomic E-state index is 11.9. The van der Waals surface area contributed by atoms with Crippen LogP contribution in [0.2, 0.25) is 0 Å². The summed E-state index contributed by atoms with van der Waals surface area (Å²) in [5, 5.41) is 2.44. The van der Waals surface area contributed by atoms with Crippen LogP contribution in [-0.4, -0.2) is 37.8 Å². The van der Waals surface area contributed by atoms with Crippen LogP contribution in [0.25, 0.3) is 0 Å². The summed E-state index contributed by atoms with van der Waals surface area (Å²) in [6, 6.07) is 4.65. The predicted molar refractivity (Wildman–Crippen MR) is 71.5 cm³/mol. The van der Waals surface area contributed by atoms with Crippen molar-refractivity contribution in [2.45, 2.75) is 0 Å². The van der Waals surface area contributed by atoms with Crippen molar-refractivity contribution in [3.63, 3.8) is 0 Å². The van der Waals surface area contributed by atoms with E-state index in [1.807, 2.05) is 0 Å². The molecule has 0 radical (unpaired) electrons. The summed E-state index contributed by atoms with van der Waals surface area (Å²) in [5.74, 6) is 0.964. The highest BCUT2D eigenvalue weighted by Crippen LogP contribution is 2.32. The molecule has 20 heavy (non-hydrogen) atoms. The second kappa shape index (κ2) is 5.45. The number of carbonyl (C=O) groups is 3. The molecule has 1 aromatic carbocycles. The fourth-order valence-corrected chi connectivity index (χ4v) is 1.91. The number of anilines is 1. The minimum absolute atomic E-state index is 0.0692. The van der Waals surface area contributed by atoms with Gasteiger partial charge in [-0.15, -0.1) is 6.42 Å². The zero-order valence-corrected chi connectivity index (χ0v) is 10.8. The van der Waals surface area contributed by atoms with Gasteiger partial charge in [0.25, 0.3) is 11.7 Å². The molecule has 1 aliphatic heterocycles. The molecule has 1 aliphatic rings. The summed E-state index contributed by atoms with van der Waals surface area (Å²) in [5.41, 5.74) is 0.635. The topological polar surface area (TPSA) is 75.7 Å². The van der Waals surface area contributed by atoms with Crippen LogP contribution in [0.1, 0.15) is 10.4 Å². The Morgan fingerprint density at radius 3 is 2.85 bits per heavy atom. The van der Waals surface area contributed by atoms with Gasteiger partial charge in [0.15, 0.2) is 0 Å². The fraction of sp³-hybridized carbons (Fsp3) is 0.214.